The van der Waals surface area contributed by atoms with Crippen molar-refractivity contribution in [3.63, 3.8) is 0 Å². The molecule has 108 valence electrons. The standard InChI is InChI=1S/C15H23N5/c1-3-19-12(2)10-15(18-19)16-11-13-8-9-20(17-13)14-6-4-5-7-14/h8-10,14H,3-7,11H2,1-2H3,(H,16,18). The molecule has 2 aromatic rings. The molecule has 1 saturated carbocycles. The van der Waals surface area contributed by atoms with Gasteiger partial charge in [0.1, 0.15) is 5.82 Å². The highest BCUT2D eigenvalue weighted by atomic mass is 15.3. The quantitative estimate of drug-likeness (QED) is 0.910. The lowest BCUT2D eigenvalue weighted by molar-refractivity contribution is 0.463. The minimum Gasteiger partial charge on any atom is -0.363 e. The molecule has 1 fully saturated rings. The van der Waals surface area contributed by atoms with E-state index in [1.54, 1.807) is 0 Å². The highest BCUT2D eigenvalue weighted by molar-refractivity contribution is 5.36. The lowest BCUT2D eigenvalue weighted by atomic mass is 10.3. The Morgan fingerprint density at radius 3 is 2.80 bits per heavy atom. The molecule has 1 aliphatic carbocycles. The molecular formula is C15H23N5. The molecule has 5 heteroatoms. The fourth-order valence-corrected chi connectivity index (χ4v) is 2.94. The average Bonchev–Trinajstić information content (AvgIpc) is 3.16. The normalized spacial score (nSPS) is 15.9. The smallest absolute Gasteiger partial charge is 0.148 e. The Kier molecular flexibility index (Phi) is 3.76. The third-order valence-corrected chi connectivity index (χ3v) is 4.09. The van der Waals surface area contributed by atoms with Gasteiger partial charge in [0.05, 0.1) is 18.3 Å². The molecule has 20 heavy (non-hydrogen) atoms. The Labute approximate surface area is 120 Å². The van der Waals surface area contributed by atoms with E-state index >= 15 is 0 Å². The van der Waals surface area contributed by atoms with Crippen LogP contribution in [0.3, 0.4) is 0 Å². The third kappa shape index (κ3) is 2.71. The van der Waals surface area contributed by atoms with Crippen LogP contribution < -0.4 is 5.32 Å². The Morgan fingerprint density at radius 2 is 2.10 bits per heavy atom. The van der Waals surface area contributed by atoms with Crippen LogP contribution in [0.2, 0.25) is 0 Å². The van der Waals surface area contributed by atoms with Crippen molar-refractivity contribution in [3.8, 4) is 0 Å². The minimum absolute atomic E-state index is 0.616. The molecule has 1 aliphatic rings. The number of hydrogen-bond donors (Lipinski definition) is 1. The summed E-state index contributed by atoms with van der Waals surface area (Å²) in [4.78, 5) is 0. The van der Waals surface area contributed by atoms with E-state index in [-0.39, 0.29) is 0 Å². The Morgan fingerprint density at radius 1 is 1.30 bits per heavy atom. The van der Waals surface area contributed by atoms with Gasteiger partial charge in [-0.1, -0.05) is 12.8 Å². The van der Waals surface area contributed by atoms with Crippen molar-refractivity contribution in [3.05, 3.63) is 29.7 Å². The molecule has 5 nitrogen and oxygen atoms in total. The van der Waals surface area contributed by atoms with Gasteiger partial charge in [0, 0.05) is 24.5 Å². The Balaban J connectivity index is 1.60. The SMILES string of the molecule is CCn1nc(NCc2ccn(C3CCCC3)n2)cc1C. The maximum absolute atomic E-state index is 4.68. The van der Waals surface area contributed by atoms with E-state index in [1.807, 2.05) is 4.68 Å². The number of hydrogen-bond acceptors (Lipinski definition) is 3. The highest BCUT2D eigenvalue weighted by Crippen LogP contribution is 2.28. The van der Waals surface area contributed by atoms with Gasteiger partial charge in [-0.3, -0.25) is 9.36 Å². The van der Waals surface area contributed by atoms with E-state index in [0.717, 1.165) is 24.6 Å². The summed E-state index contributed by atoms with van der Waals surface area (Å²) in [5, 5.41) is 12.5. The predicted octanol–water partition coefficient (Wildman–Crippen LogP) is 3.14. The molecule has 0 spiro atoms. The number of anilines is 1. The highest BCUT2D eigenvalue weighted by Gasteiger charge is 2.17. The maximum atomic E-state index is 4.68. The lowest BCUT2D eigenvalue weighted by Gasteiger charge is -2.08. The van der Waals surface area contributed by atoms with E-state index in [4.69, 9.17) is 0 Å². The molecule has 3 rings (SSSR count). The zero-order chi connectivity index (χ0) is 13.9. The molecule has 0 aromatic carbocycles. The first-order chi connectivity index (χ1) is 9.76. The summed E-state index contributed by atoms with van der Waals surface area (Å²) in [5.41, 5.74) is 2.27. The van der Waals surface area contributed by atoms with Crippen molar-refractivity contribution < 1.29 is 0 Å². The van der Waals surface area contributed by atoms with Crippen LogP contribution in [0.5, 0.6) is 0 Å². The molecule has 2 heterocycles. The molecule has 0 bridgehead atoms. The topological polar surface area (TPSA) is 47.7 Å². The maximum Gasteiger partial charge on any atom is 0.148 e. The van der Waals surface area contributed by atoms with Crippen molar-refractivity contribution in [2.24, 2.45) is 0 Å². The molecule has 0 unspecified atom stereocenters. The molecule has 1 N–H and O–H groups in total. The molecule has 0 radical (unpaired) electrons. The lowest BCUT2D eigenvalue weighted by Crippen LogP contribution is -2.07. The van der Waals surface area contributed by atoms with Gasteiger partial charge in [-0.25, -0.2) is 0 Å². The van der Waals surface area contributed by atoms with Gasteiger partial charge in [-0.15, -0.1) is 0 Å². The third-order valence-electron chi connectivity index (χ3n) is 4.09. The van der Waals surface area contributed by atoms with Gasteiger partial charge in [0.2, 0.25) is 0 Å². The van der Waals surface area contributed by atoms with E-state index in [1.165, 1.54) is 31.4 Å². The summed E-state index contributed by atoms with van der Waals surface area (Å²) < 4.78 is 4.14. The van der Waals surface area contributed by atoms with Crippen LogP contribution >= 0.6 is 0 Å². The van der Waals surface area contributed by atoms with E-state index < -0.39 is 0 Å². The van der Waals surface area contributed by atoms with E-state index in [9.17, 15) is 0 Å². The molecule has 0 amide bonds. The van der Waals surface area contributed by atoms with Crippen LogP contribution in [0.25, 0.3) is 0 Å². The molecule has 0 aliphatic heterocycles. The van der Waals surface area contributed by atoms with Crippen LogP contribution in [0.1, 0.15) is 50.0 Å². The van der Waals surface area contributed by atoms with Gasteiger partial charge >= 0.3 is 0 Å². The van der Waals surface area contributed by atoms with Crippen molar-refractivity contribution in [1.29, 1.82) is 0 Å². The fraction of sp³-hybridized carbons (Fsp3) is 0.600. The average molecular weight is 273 g/mol. The summed E-state index contributed by atoms with van der Waals surface area (Å²) in [6, 6.07) is 4.80. The zero-order valence-corrected chi connectivity index (χ0v) is 12.3. The monoisotopic (exact) mass is 273 g/mol. The first-order valence-electron chi connectivity index (χ1n) is 7.58. The van der Waals surface area contributed by atoms with E-state index in [0.29, 0.717) is 6.04 Å². The number of nitrogens with one attached hydrogen (secondary N) is 1. The second-order valence-corrected chi connectivity index (χ2v) is 5.57. The van der Waals surface area contributed by atoms with Gasteiger partial charge in [-0.2, -0.15) is 10.2 Å². The van der Waals surface area contributed by atoms with Crippen molar-refractivity contribution in [2.45, 2.75) is 58.7 Å². The summed E-state index contributed by atoms with van der Waals surface area (Å²) in [6.07, 6.45) is 7.34. The van der Waals surface area contributed by atoms with E-state index in [2.05, 4.69) is 52.4 Å². The van der Waals surface area contributed by atoms with Crippen LogP contribution in [0.4, 0.5) is 5.82 Å². The van der Waals surface area contributed by atoms with Gasteiger partial charge < -0.3 is 5.32 Å². The number of aryl methyl sites for hydroxylation is 2. The van der Waals surface area contributed by atoms with Crippen LogP contribution in [0.15, 0.2) is 18.3 Å². The minimum atomic E-state index is 0.616. The summed E-state index contributed by atoms with van der Waals surface area (Å²) in [7, 11) is 0. The Hall–Kier alpha value is -1.78. The number of rotatable bonds is 5. The first kappa shape index (κ1) is 13.2. The second kappa shape index (κ2) is 5.69. The van der Waals surface area contributed by atoms with Gasteiger partial charge in [0.25, 0.3) is 0 Å². The Bertz CT molecular complexity index is 563. The largest absolute Gasteiger partial charge is 0.363 e. The van der Waals surface area contributed by atoms with Crippen LogP contribution in [0, 0.1) is 6.92 Å². The number of aromatic nitrogens is 4. The molecule has 0 atom stereocenters. The summed E-state index contributed by atoms with van der Waals surface area (Å²) in [6.45, 7) is 5.83. The zero-order valence-electron chi connectivity index (χ0n) is 12.3. The second-order valence-electron chi connectivity index (χ2n) is 5.57. The van der Waals surface area contributed by atoms with Gasteiger partial charge in [-0.05, 0) is 32.8 Å². The predicted molar refractivity (Wildman–Crippen MR) is 79.7 cm³/mol. The first-order valence-corrected chi connectivity index (χ1v) is 7.58. The fourth-order valence-electron chi connectivity index (χ4n) is 2.94. The summed E-state index contributed by atoms with van der Waals surface area (Å²) in [5.74, 6) is 0.930. The summed E-state index contributed by atoms with van der Waals surface area (Å²) >= 11 is 0. The van der Waals surface area contributed by atoms with Crippen LogP contribution in [-0.2, 0) is 13.1 Å². The van der Waals surface area contributed by atoms with Crippen molar-refractivity contribution >= 4 is 5.82 Å². The van der Waals surface area contributed by atoms with Crippen molar-refractivity contribution in [2.75, 3.05) is 5.32 Å². The van der Waals surface area contributed by atoms with Gasteiger partial charge in [0.15, 0.2) is 0 Å². The molecular weight excluding hydrogens is 250 g/mol. The van der Waals surface area contributed by atoms with Crippen molar-refractivity contribution in [1.82, 2.24) is 19.6 Å². The molecule has 2 aromatic heterocycles. The van der Waals surface area contributed by atoms with Crippen LogP contribution in [-0.4, -0.2) is 19.6 Å². The number of nitrogens with zero attached hydrogens (tertiary/aromatic N) is 4. The molecule has 0 saturated heterocycles.